The highest BCUT2D eigenvalue weighted by molar-refractivity contribution is 7.81. The fourth-order valence-electron chi connectivity index (χ4n) is 3.71. The summed E-state index contributed by atoms with van der Waals surface area (Å²) in [7, 11) is 0. The maximum atomic E-state index is 13.3. The van der Waals surface area contributed by atoms with Crippen molar-refractivity contribution in [2.75, 3.05) is 4.31 Å². The van der Waals surface area contributed by atoms with E-state index in [4.69, 9.17) is 23.2 Å². The van der Waals surface area contributed by atoms with Gasteiger partial charge in [-0.3, -0.25) is 9.35 Å². The number of nitrogens with zero attached hydrogens (tertiary/aromatic N) is 3. The fourth-order valence-corrected chi connectivity index (χ4v) is 5.21. The molecule has 3 atom stereocenters. The average molecular weight is 578 g/mol. The summed E-state index contributed by atoms with van der Waals surface area (Å²) in [5, 5.41) is 14.3. The lowest BCUT2D eigenvalue weighted by Gasteiger charge is -2.24. The van der Waals surface area contributed by atoms with Crippen LogP contribution in [-0.2, 0) is 17.7 Å². The summed E-state index contributed by atoms with van der Waals surface area (Å²) in [6.07, 6.45) is -0.646. The Morgan fingerprint density at radius 1 is 1.05 bits per heavy atom. The lowest BCUT2D eigenvalue weighted by Crippen LogP contribution is -2.38. The molecule has 1 heterocycles. The number of aliphatic hydroxyl groups is 1. The van der Waals surface area contributed by atoms with Crippen LogP contribution in [-0.4, -0.2) is 34.6 Å². The SMILES string of the molecule is CC(NC(=O)c1ccc(Cl)cc1N(c1nsnc1Cc1ccccc1)S(=O)O)C(O)c1ccc(Cl)cc1. The van der Waals surface area contributed by atoms with Crippen LogP contribution in [0.5, 0.6) is 0 Å². The summed E-state index contributed by atoms with van der Waals surface area (Å²) < 4.78 is 32.4. The molecule has 0 aliphatic rings. The quantitative estimate of drug-likeness (QED) is 0.224. The second-order valence-electron chi connectivity index (χ2n) is 8.14. The van der Waals surface area contributed by atoms with Crippen LogP contribution in [0.4, 0.5) is 11.5 Å². The summed E-state index contributed by atoms with van der Waals surface area (Å²) in [4.78, 5) is 13.3. The lowest BCUT2D eigenvalue weighted by molar-refractivity contribution is 0.0853. The zero-order chi connectivity index (χ0) is 26.5. The molecular weight excluding hydrogens is 555 g/mol. The van der Waals surface area contributed by atoms with E-state index in [1.54, 1.807) is 31.2 Å². The van der Waals surface area contributed by atoms with Gasteiger partial charge in [0.2, 0.25) is 0 Å². The first-order chi connectivity index (χ1) is 17.7. The molecule has 1 amide bonds. The van der Waals surface area contributed by atoms with Crippen molar-refractivity contribution >= 4 is 63.6 Å². The number of anilines is 2. The highest BCUT2D eigenvalue weighted by atomic mass is 35.5. The summed E-state index contributed by atoms with van der Waals surface area (Å²) >= 11 is 10.4. The molecule has 0 radical (unpaired) electrons. The average Bonchev–Trinajstić information content (AvgIpc) is 3.32. The van der Waals surface area contributed by atoms with Crippen molar-refractivity contribution in [3.05, 3.63) is 105 Å². The number of carbonyl (C=O) groups excluding carboxylic acids is 1. The first-order valence-corrected chi connectivity index (χ1v) is 13.6. The monoisotopic (exact) mass is 576 g/mol. The Morgan fingerprint density at radius 2 is 1.73 bits per heavy atom. The number of halogens is 2. The Morgan fingerprint density at radius 3 is 2.41 bits per heavy atom. The van der Waals surface area contributed by atoms with Gasteiger partial charge in [0.15, 0.2) is 5.82 Å². The number of hydrogen-bond acceptors (Lipinski definition) is 6. The normalized spacial score (nSPS) is 13.5. The first-order valence-electron chi connectivity index (χ1n) is 11.0. The summed E-state index contributed by atoms with van der Waals surface area (Å²) in [6.45, 7) is 1.65. The van der Waals surface area contributed by atoms with Gasteiger partial charge in [-0.25, -0.2) is 8.51 Å². The van der Waals surface area contributed by atoms with Gasteiger partial charge >= 0.3 is 0 Å². The zero-order valence-corrected chi connectivity index (χ0v) is 22.6. The molecule has 192 valence electrons. The molecule has 4 rings (SSSR count). The van der Waals surface area contributed by atoms with Crippen molar-refractivity contribution in [2.45, 2.75) is 25.5 Å². The van der Waals surface area contributed by atoms with Crippen molar-refractivity contribution in [1.82, 2.24) is 14.1 Å². The Bertz CT molecular complexity index is 1400. The van der Waals surface area contributed by atoms with Gasteiger partial charge in [0.1, 0.15) is 5.69 Å². The van der Waals surface area contributed by atoms with Gasteiger partial charge in [0, 0.05) is 16.5 Å². The van der Waals surface area contributed by atoms with E-state index in [1.165, 1.54) is 18.2 Å². The summed E-state index contributed by atoms with van der Waals surface area (Å²) in [5.74, 6) is -0.435. The molecule has 0 saturated carbocycles. The van der Waals surface area contributed by atoms with E-state index >= 15 is 0 Å². The number of hydrogen-bond donors (Lipinski definition) is 3. The molecule has 8 nitrogen and oxygen atoms in total. The highest BCUT2D eigenvalue weighted by Gasteiger charge is 2.28. The number of amides is 1. The van der Waals surface area contributed by atoms with Crippen molar-refractivity contribution in [1.29, 1.82) is 0 Å². The molecule has 0 aliphatic heterocycles. The number of benzene rings is 3. The van der Waals surface area contributed by atoms with Gasteiger partial charge in [-0.2, -0.15) is 8.75 Å². The smallest absolute Gasteiger partial charge is 0.268 e. The van der Waals surface area contributed by atoms with E-state index in [1.807, 2.05) is 30.3 Å². The third kappa shape index (κ3) is 6.53. The molecule has 37 heavy (non-hydrogen) atoms. The third-order valence-corrected chi connectivity index (χ3v) is 7.29. The Balaban J connectivity index is 1.65. The van der Waals surface area contributed by atoms with Crippen molar-refractivity contribution in [3.8, 4) is 0 Å². The van der Waals surface area contributed by atoms with Gasteiger partial charge in [-0.05, 0) is 48.4 Å². The van der Waals surface area contributed by atoms with Crippen LogP contribution in [0.1, 0.15) is 40.2 Å². The largest absolute Gasteiger partial charge is 0.386 e. The molecular formula is C25H22Cl2N4O4S2. The molecule has 0 aliphatic carbocycles. The third-order valence-electron chi connectivity index (χ3n) is 5.57. The predicted octanol–water partition coefficient (Wildman–Crippen LogP) is 5.56. The maximum Gasteiger partial charge on any atom is 0.268 e. The zero-order valence-electron chi connectivity index (χ0n) is 19.4. The molecule has 12 heteroatoms. The van der Waals surface area contributed by atoms with E-state index in [-0.39, 0.29) is 22.1 Å². The van der Waals surface area contributed by atoms with Gasteiger partial charge in [-0.1, -0.05) is 65.7 Å². The second kappa shape index (κ2) is 12.1. The summed E-state index contributed by atoms with van der Waals surface area (Å²) in [6, 6.07) is 19.8. The Kier molecular flexibility index (Phi) is 8.91. The van der Waals surface area contributed by atoms with Crippen LogP contribution >= 0.6 is 34.9 Å². The number of rotatable bonds is 9. The van der Waals surface area contributed by atoms with E-state index in [0.717, 1.165) is 21.6 Å². The number of aliphatic hydroxyl groups excluding tert-OH is 1. The molecule has 0 spiro atoms. The molecule has 0 bridgehead atoms. The van der Waals surface area contributed by atoms with Crippen LogP contribution in [0, 0.1) is 0 Å². The van der Waals surface area contributed by atoms with Crippen molar-refractivity contribution in [3.63, 3.8) is 0 Å². The molecule has 3 unspecified atom stereocenters. The lowest BCUT2D eigenvalue weighted by atomic mass is 10.0. The van der Waals surface area contributed by atoms with Crippen LogP contribution in [0.25, 0.3) is 0 Å². The van der Waals surface area contributed by atoms with Crippen molar-refractivity contribution < 1.29 is 18.7 Å². The van der Waals surface area contributed by atoms with E-state index in [9.17, 15) is 18.7 Å². The maximum absolute atomic E-state index is 13.3. The van der Waals surface area contributed by atoms with E-state index in [0.29, 0.717) is 22.7 Å². The molecule has 1 aromatic heterocycles. The second-order valence-corrected chi connectivity index (χ2v) is 10.4. The van der Waals surface area contributed by atoms with Gasteiger partial charge in [0.05, 0.1) is 35.1 Å². The minimum absolute atomic E-state index is 0.0700. The van der Waals surface area contributed by atoms with Gasteiger partial charge in [0.25, 0.3) is 17.2 Å². The first kappa shape index (κ1) is 27.2. The van der Waals surface area contributed by atoms with Gasteiger partial charge < -0.3 is 10.4 Å². The summed E-state index contributed by atoms with van der Waals surface area (Å²) in [5.41, 5.74) is 2.12. The topological polar surface area (TPSA) is 116 Å². The molecule has 3 aromatic carbocycles. The minimum Gasteiger partial charge on any atom is -0.386 e. The Hall–Kier alpha value is -2.86. The van der Waals surface area contributed by atoms with E-state index in [2.05, 4.69) is 14.1 Å². The highest BCUT2D eigenvalue weighted by Crippen LogP contribution is 2.34. The molecule has 4 aromatic rings. The predicted molar refractivity (Wildman–Crippen MR) is 147 cm³/mol. The molecule has 0 saturated heterocycles. The number of carbonyl (C=O) groups is 1. The number of aromatic nitrogens is 2. The van der Waals surface area contributed by atoms with Crippen LogP contribution < -0.4 is 9.62 Å². The van der Waals surface area contributed by atoms with Crippen molar-refractivity contribution in [2.24, 2.45) is 0 Å². The number of nitrogens with one attached hydrogen (secondary N) is 1. The van der Waals surface area contributed by atoms with Gasteiger partial charge in [-0.15, -0.1) is 0 Å². The molecule has 3 N–H and O–H groups in total. The minimum atomic E-state index is -2.60. The van der Waals surface area contributed by atoms with Crippen LogP contribution in [0.3, 0.4) is 0 Å². The van der Waals surface area contributed by atoms with Crippen LogP contribution in [0.2, 0.25) is 10.0 Å². The van der Waals surface area contributed by atoms with E-state index < -0.39 is 29.3 Å². The Labute approximate surface area is 230 Å². The fraction of sp³-hybridized carbons (Fsp3) is 0.160. The van der Waals surface area contributed by atoms with Crippen LogP contribution in [0.15, 0.2) is 72.8 Å². The molecule has 0 fully saturated rings. The standard InChI is InChI=1S/C25H22Cl2N4O4S2/c1-15(23(32)17-7-9-18(26)10-8-17)28-25(33)20-12-11-19(27)14-22(20)31(37(34)35)24-21(29-36-30-24)13-16-5-3-2-4-6-16/h2-12,14-15,23,32H,13H2,1H3,(H,28,33)(H,34,35).